The average molecular weight is 1690 g/mol. The summed E-state index contributed by atoms with van der Waals surface area (Å²) in [5, 5.41) is 60.2. The van der Waals surface area contributed by atoms with Crippen LogP contribution in [0.4, 0.5) is 17.6 Å². The third-order valence-corrected chi connectivity index (χ3v) is 23.6. The number of benzene rings is 2. The molecule has 39 heteroatoms. The lowest BCUT2D eigenvalue weighted by Crippen LogP contribution is -2.58. The summed E-state index contributed by atoms with van der Waals surface area (Å²) >= 11 is 0. The van der Waals surface area contributed by atoms with Crippen molar-refractivity contribution in [2.45, 2.75) is 150 Å². The van der Waals surface area contributed by atoms with E-state index in [1.165, 1.54) is 24.5 Å². The highest BCUT2D eigenvalue weighted by molar-refractivity contribution is 6.08. The van der Waals surface area contributed by atoms with E-state index in [0.717, 1.165) is 9.80 Å². The fourth-order valence-electron chi connectivity index (χ4n) is 16.9. The van der Waals surface area contributed by atoms with Gasteiger partial charge < -0.3 is 70.6 Å². The number of carboxylic acids is 3. The summed E-state index contributed by atoms with van der Waals surface area (Å²) in [6.07, 6.45) is 6.93. The molecule has 35 nitrogen and oxygen atoms in total. The van der Waals surface area contributed by atoms with Gasteiger partial charge in [-0.15, -0.1) is 0 Å². The number of nitrogens with zero attached hydrogens (tertiary/aromatic N) is 14. The van der Waals surface area contributed by atoms with Crippen molar-refractivity contribution < 1.29 is 99.9 Å². The van der Waals surface area contributed by atoms with E-state index >= 15 is 0 Å². The van der Waals surface area contributed by atoms with Crippen molar-refractivity contribution in [2.24, 2.45) is 5.92 Å². The Morgan fingerprint density at radius 3 is 1.46 bits per heavy atom. The van der Waals surface area contributed by atoms with E-state index in [9.17, 15) is 101 Å². The summed E-state index contributed by atoms with van der Waals surface area (Å²) in [7, 11) is 5.21. The van der Waals surface area contributed by atoms with Gasteiger partial charge in [0.25, 0.3) is 23.7 Å². The molecule has 3 unspecified atom stereocenters. The first kappa shape index (κ1) is 92.3. The number of hydrogen-bond acceptors (Lipinski definition) is 23. The third kappa shape index (κ3) is 25.8. The van der Waals surface area contributed by atoms with Gasteiger partial charge in [-0.3, -0.25) is 92.0 Å². The first-order chi connectivity index (χ1) is 57.7. The molecule has 0 spiro atoms. The number of nitriles is 2. The highest BCUT2D eigenvalue weighted by Gasteiger charge is 2.49. The standard InChI is InChI=1S/C82H108F4N18O17/c1-95(45-68(105)91-23-6-8-31-120-60-13-15-66-64(33-60)62(17-25-89-66)77(116)93-40-71(108)103-52-81(83,84)36-58(103)38-87)55-19-28-100(42-55)73(110)47-102(57-21-30-99(44-57)70(107)12-4-5-22-80(97(3)49-75(112)113)35-54(79(118)119)11-10-27-98(51-80)50-76(114)115)48-74(111)101-29-20-56(43-101)96(2)46-69(106)92-24-7-9-32-121-61-14-16-67-65(34-61)63(18-26-90-67)78(117)94-41-72(109)104-53-82(85,86)37-59(104)39-88/h13-18,25-26,33-34,54-59H,4-12,19-24,27-32,35-37,40-53H2,1-3H3,(H,91,105)(H,92,106)(H,93,116)(H,94,117)(H,112,113)(H,114,115)(H,118,119)/t54?,55-,56-,57?,58+,59+,80?/m1/s1. The molecule has 8 heterocycles. The van der Waals surface area contributed by atoms with Crippen LogP contribution in [0.25, 0.3) is 21.8 Å². The van der Waals surface area contributed by atoms with Crippen molar-refractivity contribution in [1.82, 2.24) is 80.2 Å². The molecule has 0 bridgehead atoms. The van der Waals surface area contributed by atoms with Crippen molar-refractivity contribution in [2.75, 3.05) is 165 Å². The highest BCUT2D eigenvalue weighted by atomic mass is 19.3. The molecule has 2 aromatic carbocycles. The minimum Gasteiger partial charge on any atom is -0.494 e. The van der Waals surface area contributed by atoms with E-state index in [1.807, 2.05) is 14.7 Å². The topological polar surface area (TPSA) is 438 Å². The number of fused-ring (bicyclic) bond motifs is 2. The molecule has 0 aliphatic carbocycles. The molecule has 7 N–H and O–H groups in total. The number of aliphatic carboxylic acids is 3. The second-order valence-corrected chi connectivity index (χ2v) is 32.5. The number of carbonyl (C=O) groups is 12. The Kier molecular flexibility index (Phi) is 32.4. The van der Waals surface area contributed by atoms with Gasteiger partial charge in [0, 0.05) is 125 Å². The van der Waals surface area contributed by atoms with Crippen molar-refractivity contribution in [3.05, 3.63) is 72.1 Å². The van der Waals surface area contributed by atoms with Gasteiger partial charge in [-0.2, -0.15) is 10.5 Å². The first-order valence-corrected chi connectivity index (χ1v) is 41.0. The molecule has 6 aliphatic heterocycles. The van der Waals surface area contributed by atoms with Crippen molar-refractivity contribution in [1.29, 1.82) is 10.5 Å². The fourth-order valence-corrected chi connectivity index (χ4v) is 16.9. The molecule has 121 heavy (non-hydrogen) atoms. The quantitative estimate of drug-likeness (QED) is 0.0248. The van der Waals surface area contributed by atoms with E-state index in [1.54, 1.807) is 94.2 Å². The number of carboxylic acid groups (broad SMARTS) is 3. The Labute approximate surface area is 697 Å². The van der Waals surface area contributed by atoms with Crippen LogP contribution in [0.3, 0.4) is 0 Å². The van der Waals surface area contributed by atoms with Gasteiger partial charge in [0.1, 0.15) is 23.6 Å². The van der Waals surface area contributed by atoms with Crippen LogP contribution < -0.4 is 30.7 Å². The number of amides is 9. The minimum absolute atomic E-state index is 0.0371. The third-order valence-electron chi connectivity index (χ3n) is 23.6. The number of halogens is 4. The second kappa shape index (κ2) is 42.5. The summed E-state index contributed by atoms with van der Waals surface area (Å²) in [6, 6.07) is 12.9. The predicted octanol–water partition coefficient (Wildman–Crippen LogP) is 2.57. The second-order valence-electron chi connectivity index (χ2n) is 32.5. The maximum atomic E-state index is 14.6. The van der Waals surface area contributed by atoms with E-state index < -0.39 is 129 Å². The van der Waals surface area contributed by atoms with Gasteiger partial charge in [0.2, 0.25) is 41.4 Å². The van der Waals surface area contributed by atoms with Crippen LogP contribution in [0, 0.1) is 28.6 Å². The zero-order chi connectivity index (χ0) is 87.3. The molecule has 9 amide bonds. The molecule has 0 radical (unpaired) electrons. The number of pyridine rings is 2. The number of aromatic nitrogens is 2. The maximum absolute atomic E-state index is 14.6. The summed E-state index contributed by atoms with van der Waals surface area (Å²) < 4.78 is 68.0. The maximum Gasteiger partial charge on any atom is 0.317 e. The zero-order valence-electron chi connectivity index (χ0n) is 68.4. The molecule has 7 atom stereocenters. The summed E-state index contributed by atoms with van der Waals surface area (Å²) in [4.78, 5) is 183. The number of carbonyl (C=O) groups excluding carboxylic acids is 9. The Hall–Kier alpha value is -11.0. The van der Waals surface area contributed by atoms with Crippen LogP contribution in [-0.4, -0.2) is 358 Å². The average Bonchev–Trinajstić information content (AvgIpc) is 1.77. The monoisotopic (exact) mass is 1690 g/mol. The van der Waals surface area contributed by atoms with Crippen LogP contribution in [0.5, 0.6) is 11.5 Å². The SMILES string of the molecule is CN(CC(=O)NCCCCOc1ccc2nccc(C(=O)NCC(=O)N3CC(F)(F)C[C@H]3C#N)c2c1)[C@@H]1CCN(C(=O)CN(CC(=O)N2CC[C@@H](N(C)CC(=O)NCCCCOc3ccc4nccc(C(=O)NCC(=O)N5CC(F)(F)C[C@H]5C#N)c4c3)C2)C2CCN(C(=O)CCCCC3(N(C)CC(=O)O)CC(C(=O)O)CCCN(CC(=O)O)C3)C2)C1. The number of hydrogen-bond donors (Lipinski definition) is 7. The molecule has 6 fully saturated rings. The van der Waals surface area contributed by atoms with Crippen LogP contribution in [-0.2, 0) is 47.9 Å². The number of ether oxygens (including phenoxy) is 2. The van der Waals surface area contributed by atoms with E-state index in [2.05, 4.69) is 31.2 Å². The molecule has 0 saturated carbocycles. The number of alkyl halides is 4. The molecule has 10 rings (SSSR count). The normalized spacial score (nSPS) is 21.6. The van der Waals surface area contributed by atoms with Crippen molar-refractivity contribution in [3.8, 4) is 23.6 Å². The zero-order valence-corrected chi connectivity index (χ0v) is 68.4. The predicted molar refractivity (Wildman–Crippen MR) is 427 cm³/mol. The molecule has 6 aliphatic rings. The summed E-state index contributed by atoms with van der Waals surface area (Å²) in [5.41, 5.74) is 0.195. The molecule has 4 aromatic rings. The fraction of sp³-hybridized carbons (Fsp3) is 0.610. The lowest BCUT2D eigenvalue weighted by molar-refractivity contribution is -0.147. The first-order valence-electron chi connectivity index (χ1n) is 41.0. The van der Waals surface area contributed by atoms with Gasteiger partial charge in [0.05, 0.1) is 119 Å². The van der Waals surface area contributed by atoms with Crippen LogP contribution in [0.15, 0.2) is 60.9 Å². The Morgan fingerprint density at radius 1 is 0.529 bits per heavy atom. The van der Waals surface area contributed by atoms with Gasteiger partial charge in [-0.25, -0.2) is 17.6 Å². The molecule has 6 saturated heterocycles. The lowest BCUT2D eigenvalue weighted by Gasteiger charge is -2.47. The number of unbranched alkanes of at least 4 members (excludes halogenated alkanes) is 3. The Balaban J connectivity index is 0.686. The summed E-state index contributed by atoms with van der Waals surface area (Å²) in [6.45, 7) is -0.502. The molecule has 2 aromatic heterocycles. The van der Waals surface area contributed by atoms with Gasteiger partial charge in [-0.05, 0) is 153 Å². The van der Waals surface area contributed by atoms with E-state index in [4.69, 9.17) is 9.47 Å². The number of likely N-dealkylation sites (tertiary alicyclic amines) is 6. The summed E-state index contributed by atoms with van der Waals surface area (Å²) in [5.74, 6) is -13.7. The minimum atomic E-state index is -3.21. The van der Waals surface area contributed by atoms with Crippen molar-refractivity contribution >= 4 is 92.9 Å². The molecular weight excluding hydrogens is 1590 g/mol. The van der Waals surface area contributed by atoms with Crippen LogP contribution in [0.2, 0.25) is 0 Å². The highest BCUT2D eigenvalue weighted by Crippen LogP contribution is 2.37. The smallest absolute Gasteiger partial charge is 0.317 e. The van der Waals surface area contributed by atoms with Crippen molar-refractivity contribution in [3.63, 3.8) is 0 Å². The number of nitrogens with one attached hydrogen (secondary N) is 4. The Morgan fingerprint density at radius 2 is 1.00 bits per heavy atom. The van der Waals surface area contributed by atoms with Gasteiger partial charge in [0.15, 0.2) is 0 Å². The lowest BCUT2D eigenvalue weighted by atomic mass is 9.78. The van der Waals surface area contributed by atoms with Gasteiger partial charge in [-0.1, -0.05) is 6.42 Å². The Bertz CT molecular complexity index is 4300. The van der Waals surface area contributed by atoms with Gasteiger partial charge >= 0.3 is 17.9 Å². The van der Waals surface area contributed by atoms with E-state index in [0.29, 0.717) is 150 Å². The van der Waals surface area contributed by atoms with Crippen LogP contribution >= 0.6 is 0 Å². The van der Waals surface area contributed by atoms with Crippen LogP contribution in [0.1, 0.15) is 123 Å². The number of rotatable bonds is 40. The number of likely N-dealkylation sites (N-methyl/N-ethyl adjacent to an activating group) is 3. The largest absolute Gasteiger partial charge is 0.494 e. The molecule has 656 valence electrons. The molecular formula is C82H108F4N18O17. The van der Waals surface area contributed by atoms with E-state index in [-0.39, 0.29) is 137 Å².